The van der Waals surface area contributed by atoms with Gasteiger partial charge in [-0.05, 0) is 137 Å². The third-order valence-electron chi connectivity index (χ3n) is 8.03. The Kier molecular flexibility index (Phi) is 6.70. The highest BCUT2D eigenvalue weighted by atomic mass is 28.4. The highest BCUT2D eigenvalue weighted by Gasteiger charge is 2.58. The minimum Gasteiger partial charge on any atom is -0.544 e. The van der Waals surface area contributed by atoms with Crippen LogP contribution in [0.3, 0.4) is 0 Å². The highest BCUT2D eigenvalue weighted by molar-refractivity contribution is 6.70. The van der Waals surface area contributed by atoms with Crippen molar-refractivity contribution < 1.29 is 13.3 Å². The van der Waals surface area contributed by atoms with Crippen molar-refractivity contribution in [3.63, 3.8) is 0 Å². The molecule has 33 heavy (non-hydrogen) atoms. The molecule has 3 aliphatic rings. The summed E-state index contributed by atoms with van der Waals surface area (Å²) in [6, 6.07) is 7.00. The van der Waals surface area contributed by atoms with E-state index >= 15 is 0 Å². The topological polar surface area (TPSA) is 27.7 Å². The van der Waals surface area contributed by atoms with Gasteiger partial charge in [-0.2, -0.15) is 0 Å². The van der Waals surface area contributed by atoms with Gasteiger partial charge in [0.25, 0.3) is 0 Å². The van der Waals surface area contributed by atoms with Crippen LogP contribution in [-0.4, -0.2) is 37.2 Å². The summed E-state index contributed by atoms with van der Waals surface area (Å²) < 4.78 is 20.2. The van der Waals surface area contributed by atoms with E-state index in [0.29, 0.717) is 35.4 Å². The predicted octanol–water partition coefficient (Wildman–Crippen LogP) is 7.81. The second-order valence-corrected chi connectivity index (χ2v) is 27.5. The van der Waals surface area contributed by atoms with E-state index in [1.165, 1.54) is 31.2 Å². The molecular weight excluding hydrogens is 457 g/mol. The molecule has 2 saturated carbocycles. The van der Waals surface area contributed by atoms with Gasteiger partial charge in [0.15, 0.2) is 16.6 Å². The molecule has 0 spiro atoms. The maximum absolute atomic E-state index is 7.01. The van der Waals surface area contributed by atoms with Gasteiger partial charge in [-0.25, -0.2) is 0 Å². The van der Waals surface area contributed by atoms with Crippen LogP contribution < -0.4 is 4.43 Å². The summed E-state index contributed by atoms with van der Waals surface area (Å²) in [5, 5.41) is 0. The van der Waals surface area contributed by atoms with E-state index in [1.54, 1.807) is 5.56 Å². The lowest BCUT2D eigenvalue weighted by atomic mass is 9.54. The first-order valence-corrected chi connectivity index (χ1v) is 23.5. The van der Waals surface area contributed by atoms with Gasteiger partial charge in [0.1, 0.15) is 5.75 Å². The predicted molar refractivity (Wildman–Crippen MR) is 147 cm³/mol. The second kappa shape index (κ2) is 8.61. The summed E-state index contributed by atoms with van der Waals surface area (Å²) >= 11 is 0. The van der Waals surface area contributed by atoms with Gasteiger partial charge >= 0.3 is 0 Å². The van der Waals surface area contributed by atoms with E-state index in [4.69, 9.17) is 13.3 Å². The van der Waals surface area contributed by atoms with Gasteiger partial charge in [-0.3, -0.25) is 0 Å². The molecule has 0 aromatic heterocycles. The van der Waals surface area contributed by atoms with Gasteiger partial charge in [0.05, 0.1) is 12.2 Å². The Morgan fingerprint density at radius 1 is 0.818 bits per heavy atom. The molecule has 0 aliphatic heterocycles. The molecule has 1 aromatic rings. The molecule has 0 unspecified atom stereocenters. The molecule has 0 saturated heterocycles. The van der Waals surface area contributed by atoms with Gasteiger partial charge in [0, 0.05) is 0 Å². The van der Waals surface area contributed by atoms with E-state index in [2.05, 4.69) is 84.0 Å². The monoisotopic (exact) mass is 504 g/mol. The molecule has 0 amide bonds. The summed E-state index contributed by atoms with van der Waals surface area (Å²) in [7, 11) is -4.85. The lowest BCUT2D eigenvalue weighted by Crippen LogP contribution is -2.53. The van der Waals surface area contributed by atoms with Crippen molar-refractivity contribution in [3.8, 4) is 5.75 Å². The summed E-state index contributed by atoms with van der Waals surface area (Å²) in [6.45, 7) is 23.5. The summed E-state index contributed by atoms with van der Waals surface area (Å²) in [5.41, 5.74) is 3.35. The standard InChI is InChI=1S/C27H48O3Si3/c1-27-16-15-22-21-12-11-20(28-31(2,3)4)17-19(21)18-24(29-32(5,6)7)26(22)23(27)13-14-25(27)30-33(8,9)10/h11-12,17,22-26H,13-16,18H2,1-10H3/t22-,23+,24-,25+,26-,27+/m1/s1. The average molecular weight is 505 g/mol. The van der Waals surface area contributed by atoms with E-state index in [9.17, 15) is 0 Å². The molecule has 0 bridgehead atoms. The highest BCUT2D eigenvalue weighted by Crippen LogP contribution is 2.62. The molecule has 0 heterocycles. The first kappa shape index (κ1) is 25.7. The first-order valence-electron chi connectivity index (χ1n) is 13.2. The third kappa shape index (κ3) is 5.55. The maximum atomic E-state index is 7.01. The Morgan fingerprint density at radius 2 is 1.48 bits per heavy atom. The third-order valence-corrected chi connectivity index (χ3v) is 10.9. The minimum absolute atomic E-state index is 0.293. The Labute approximate surface area is 206 Å². The molecule has 0 radical (unpaired) electrons. The van der Waals surface area contributed by atoms with Crippen molar-refractivity contribution in [1.29, 1.82) is 0 Å². The fourth-order valence-electron chi connectivity index (χ4n) is 7.11. The number of rotatable bonds is 6. The van der Waals surface area contributed by atoms with Crippen LogP contribution in [0.5, 0.6) is 5.75 Å². The fraction of sp³-hybridized carbons (Fsp3) is 0.778. The SMILES string of the molecule is C[C@]12CC[C@@H]3c4ccc(O[Si](C)(C)C)cc4C[C@@H](O[Si](C)(C)C)[C@H]3[C@@H]1CC[C@@H]2O[Si](C)(C)C. The van der Waals surface area contributed by atoms with Crippen LogP contribution >= 0.6 is 0 Å². The van der Waals surface area contributed by atoms with Crippen LogP contribution in [-0.2, 0) is 15.3 Å². The molecular formula is C27H48O3Si3. The lowest BCUT2D eigenvalue weighted by Gasteiger charge is -2.54. The zero-order chi connectivity index (χ0) is 24.4. The Hall–Kier alpha value is -0.409. The van der Waals surface area contributed by atoms with Crippen LogP contribution in [0.4, 0.5) is 0 Å². The van der Waals surface area contributed by atoms with Crippen molar-refractivity contribution in [3.05, 3.63) is 29.3 Å². The second-order valence-electron chi connectivity index (χ2n) is 14.2. The summed E-state index contributed by atoms with van der Waals surface area (Å²) in [5.74, 6) is 2.98. The average Bonchev–Trinajstić information content (AvgIpc) is 2.93. The smallest absolute Gasteiger partial charge is 0.242 e. The van der Waals surface area contributed by atoms with E-state index < -0.39 is 25.0 Å². The van der Waals surface area contributed by atoms with Gasteiger partial charge < -0.3 is 13.3 Å². The molecule has 1 aromatic carbocycles. The fourth-order valence-corrected chi connectivity index (χ4v) is 10.3. The molecule has 2 fully saturated rings. The zero-order valence-electron chi connectivity index (χ0n) is 22.9. The molecule has 6 atom stereocenters. The Morgan fingerprint density at radius 3 is 2.09 bits per heavy atom. The molecule has 186 valence electrons. The van der Waals surface area contributed by atoms with Crippen molar-refractivity contribution in [2.45, 2.75) is 116 Å². The van der Waals surface area contributed by atoms with Crippen LogP contribution in [0.2, 0.25) is 58.9 Å². The Balaban J connectivity index is 1.69. The normalized spacial score (nSPS) is 34.4. The minimum atomic E-state index is -1.67. The first-order chi connectivity index (χ1) is 15.1. The number of hydrogen-bond acceptors (Lipinski definition) is 3. The van der Waals surface area contributed by atoms with Crippen molar-refractivity contribution >= 4 is 25.0 Å². The van der Waals surface area contributed by atoms with E-state index in [-0.39, 0.29) is 0 Å². The summed E-state index contributed by atoms with van der Waals surface area (Å²) in [4.78, 5) is 0. The molecule has 0 N–H and O–H groups in total. The number of fused-ring (bicyclic) bond motifs is 5. The largest absolute Gasteiger partial charge is 0.544 e. The van der Waals surface area contributed by atoms with Crippen LogP contribution in [0.25, 0.3) is 0 Å². The molecule has 4 rings (SSSR count). The van der Waals surface area contributed by atoms with Gasteiger partial charge in [-0.1, -0.05) is 13.0 Å². The molecule has 6 heteroatoms. The van der Waals surface area contributed by atoms with Crippen LogP contribution in [0.1, 0.15) is 49.7 Å². The Bertz CT molecular complexity index is 867. The molecule has 3 nitrogen and oxygen atoms in total. The van der Waals surface area contributed by atoms with E-state index in [1.807, 2.05) is 0 Å². The number of hydrogen-bond donors (Lipinski definition) is 0. The molecule has 3 aliphatic carbocycles. The van der Waals surface area contributed by atoms with Crippen molar-refractivity contribution in [1.82, 2.24) is 0 Å². The van der Waals surface area contributed by atoms with E-state index in [0.717, 1.165) is 12.2 Å². The number of benzene rings is 1. The van der Waals surface area contributed by atoms with Crippen molar-refractivity contribution in [2.75, 3.05) is 0 Å². The van der Waals surface area contributed by atoms with Crippen molar-refractivity contribution in [2.24, 2.45) is 17.3 Å². The summed E-state index contributed by atoms with van der Waals surface area (Å²) in [6.07, 6.45) is 6.85. The van der Waals surface area contributed by atoms with Gasteiger partial charge in [0.2, 0.25) is 8.32 Å². The van der Waals surface area contributed by atoms with Gasteiger partial charge in [-0.15, -0.1) is 0 Å². The maximum Gasteiger partial charge on any atom is 0.242 e. The quantitative estimate of drug-likeness (QED) is 0.370. The van der Waals surface area contributed by atoms with Crippen LogP contribution in [0, 0.1) is 17.3 Å². The zero-order valence-corrected chi connectivity index (χ0v) is 25.9. The lowest BCUT2D eigenvalue weighted by molar-refractivity contribution is -0.0527. The van der Waals surface area contributed by atoms with Crippen LogP contribution in [0.15, 0.2) is 18.2 Å².